The fourth-order valence-corrected chi connectivity index (χ4v) is 2.78. The highest BCUT2D eigenvalue weighted by atomic mass is 16.6. The molecular weight excluding hydrogens is 282 g/mol. The number of nitro benzene ring substituents is 1. The van der Waals surface area contributed by atoms with Crippen molar-refractivity contribution >= 4 is 11.6 Å². The summed E-state index contributed by atoms with van der Waals surface area (Å²) in [5.41, 5.74) is 0.901. The number of amides is 1. The number of carbonyl (C=O) groups excluding carboxylic acids is 1. The molecule has 6 nitrogen and oxygen atoms in total. The van der Waals surface area contributed by atoms with E-state index in [1.54, 1.807) is 18.2 Å². The van der Waals surface area contributed by atoms with Crippen molar-refractivity contribution in [3.05, 3.63) is 39.9 Å². The maximum Gasteiger partial charge on any atom is 0.273 e. The Kier molecular flexibility index (Phi) is 5.49. The maximum atomic E-state index is 12.1. The van der Waals surface area contributed by atoms with Crippen molar-refractivity contribution in [3.8, 4) is 0 Å². The van der Waals surface area contributed by atoms with Crippen molar-refractivity contribution < 1.29 is 9.72 Å². The fraction of sp³-hybridized carbons (Fsp3) is 0.562. The van der Waals surface area contributed by atoms with Crippen LogP contribution in [0.1, 0.15) is 25.8 Å². The van der Waals surface area contributed by atoms with E-state index in [0.717, 1.165) is 31.6 Å². The number of hydrogen-bond acceptors (Lipinski definition) is 4. The quantitative estimate of drug-likeness (QED) is 0.632. The Bertz CT molecular complexity index is 545. The number of para-hydroxylation sites is 1. The van der Waals surface area contributed by atoms with E-state index in [9.17, 15) is 14.9 Å². The molecule has 0 aromatic heterocycles. The smallest absolute Gasteiger partial charge is 0.273 e. The molecule has 120 valence electrons. The molecule has 22 heavy (non-hydrogen) atoms. The van der Waals surface area contributed by atoms with Crippen LogP contribution in [0.2, 0.25) is 0 Å². The Labute approximate surface area is 130 Å². The summed E-state index contributed by atoms with van der Waals surface area (Å²) in [6.45, 7) is 7.46. The van der Waals surface area contributed by atoms with Crippen LogP contribution in [0.25, 0.3) is 0 Å². The normalized spacial score (nSPS) is 16.6. The first kappa shape index (κ1) is 16.4. The van der Waals surface area contributed by atoms with Gasteiger partial charge in [0.1, 0.15) is 0 Å². The van der Waals surface area contributed by atoms with Gasteiger partial charge in [-0.15, -0.1) is 0 Å². The summed E-state index contributed by atoms with van der Waals surface area (Å²) in [6.07, 6.45) is 0.902. The Morgan fingerprint density at radius 2 is 1.95 bits per heavy atom. The third kappa shape index (κ3) is 4.04. The molecule has 0 N–H and O–H groups in total. The molecule has 1 aliphatic heterocycles. The van der Waals surface area contributed by atoms with Crippen molar-refractivity contribution in [1.29, 1.82) is 0 Å². The first-order valence-corrected chi connectivity index (χ1v) is 7.72. The molecule has 1 fully saturated rings. The van der Waals surface area contributed by atoms with Gasteiger partial charge in [-0.05, 0) is 6.42 Å². The number of nitro groups is 1. The van der Waals surface area contributed by atoms with Gasteiger partial charge in [0.05, 0.1) is 4.92 Å². The first-order valence-electron chi connectivity index (χ1n) is 7.72. The van der Waals surface area contributed by atoms with E-state index in [4.69, 9.17) is 0 Å². The lowest BCUT2D eigenvalue weighted by molar-refractivity contribution is -0.385. The van der Waals surface area contributed by atoms with Crippen molar-refractivity contribution in [2.24, 2.45) is 5.92 Å². The lowest BCUT2D eigenvalue weighted by Gasteiger charge is -2.23. The molecule has 6 heteroatoms. The molecule has 1 amide bonds. The average molecular weight is 305 g/mol. The van der Waals surface area contributed by atoms with Crippen molar-refractivity contribution in [1.82, 2.24) is 9.80 Å². The second kappa shape index (κ2) is 7.35. The molecule has 0 unspecified atom stereocenters. The molecule has 2 rings (SSSR count). The molecule has 1 saturated heterocycles. The van der Waals surface area contributed by atoms with Crippen LogP contribution < -0.4 is 0 Å². The van der Waals surface area contributed by atoms with Crippen LogP contribution in [0.15, 0.2) is 24.3 Å². The second-order valence-electron chi connectivity index (χ2n) is 6.00. The number of benzene rings is 1. The molecule has 0 spiro atoms. The van der Waals surface area contributed by atoms with Gasteiger partial charge in [0.15, 0.2) is 0 Å². The van der Waals surface area contributed by atoms with Crippen LogP contribution in [0.5, 0.6) is 0 Å². The summed E-state index contributed by atoms with van der Waals surface area (Å²) in [5, 5.41) is 11.1. The predicted octanol–water partition coefficient (Wildman–Crippen LogP) is 2.29. The zero-order valence-corrected chi connectivity index (χ0v) is 13.2. The Balaban J connectivity index is 2.01. The highest BCUT2D eigenvalue weighted by molar-refractivity contribution is 5.78. The minimum Gasteiger partial charge on any atom is -0.341 e. The predicted molar refractivity (Wildman–Crippen MR) is 84.4 cm³/mol. The van der Waals surface area contributed by atoms with Gasteiger partial charge in [0, 0.05) is 50.3 Å². The highest BCUT2D eigenvalue weighted by Crippen LogP contribution is 2.20. The third-order valence-electron chi connectivity index (χ3n) is 3.98. The van der Waals surface area contributed by atoms with E-state index in [1.165, 1.54) is 0 Å². The van der Waals surface area contributed by atoms with E-state index < -0.39 is 0 Å². The summed E-state index contributed by atoms with van der Waals surface area (Å²) in [5.74, 6) is 0.203. The average Bonchev–Trinajstić information content (AvgIpc) is 2.72. The molecule has 0 aliphatic carbocycles. The Morgan fingerprint density at radius 3 is 2.64 bits per heavy atom. The van der Waals surface area contributed by atoms with Crippen LogP contribution in [0, 0.1) is 16.0 Å². The van der Waals surface area contributed by atoms with Crippen LogP contribution >= 0.6 is 0 Å². The third-order valence-corrected chi connectivity index (χ3v) is 3.98. The van der Waals surface area contributed by atoms with Gasteiger partial charge in [-0.25, -0.2) is 0 Å². The Hall–Kier alpha value is -1.95. The summed E-state index contributed by atoms with van der Waals surface area (Å²) in [7, 11) is 0. The van der Waals surface area contributed by atoms with Crippen LogP contribution in [0.4, 0.5) is 5.69 Å². The number of nitrogens with zero attached hydrogens (tertiary/aromatic N) is 3. The molecule has 0 bridgehead atoms. The zero-order chi connectivity index (χ0) is 16.1. The minimum atomic E-state index is -0.332. The summed E-state index contributed by atoms with van der Waals surface area (Å²) >= 11 is 0. The van der Waals surface area contributed by atoms with Crippen molar-refractivity contribution in [2.75, 3.05) is 26.2 Å². The molecule has 1 aromatic rings. The minimum absolute atomic E-state index is 0.0155. The summed E-state index contributed by atoms with van der Waals surface area (Å²) in [6, 6.07) is 6.86. The molecule has 1 heterocycles. The van der Waals surface area contributed by atoms with E-state index in [1.807, 2.05) is 24.8 Å². The van der Waals surface area contributed by atoms with Gasteiger partial charge in [-0.1, -0.05) is 32.0 Å². The van der Waals surface area contributed by atoms with E-state index in [0.29, 0.717) is 13.1 Å². The van der Waals surface area contributed by atoms with E-state index in [-0.39, 0.29) is 22.4 Å². The number of rotatable bonds is 4. The molecular formula is C16H23N3O3. The molecule has 0 radical (unpaired) electrons. The van der Waals surface area contributed by atoms with Gasteiger partial charge >= 0.3 is 0 Å². The van der Waals surface area contributed by atoms with Crippen LogP contribution in [0.3, 0.4) is 0 Å². The van der Waals surface area contributed by atoms with E-state index >= 15 is 0 Å². The van der Waals surface area contributed by atoms with Gasteiger partial charge in [-0.2, -0.15) is 0 Å². The van der Waals surface area contributed by atoms with Gasteiger partial charge in [0.25, 0.3) is 5.69 Å². The highest BCUT2D eigenvalue weighted by Gasteiger charge is 2.22. The summed E-state index contributed by atoms with van der Waals surface area (Å²) < 4.78 is 0. The fourth-order valence-electron chi connectivity index (χ4n) is 2.78. The largest absolute Gasteiger partial charge is 0.341 e. The van der Waals surface area contributed by atoms with Crippen LogP contribution in [-0.4, -0.2) is 46.8 Å². The molecule has 0 atom stereocenters. The Morgan fingerprint density at radius 1 is 1.23 bits per heavy atom. The summed E-state index contributed by atoms with van der Waals surface area (Å²) in [4.78, 5) is 26.9. The number of hydrogen-bond donors (Lipinski definition) is 0. The van der Waals surface area contributed by atoms with Crippen LogP contribution in [-0.2, 0) is 11.3 Å². The SMILES string of the molecule is CC(C)C(=O)N1CCCN(Cc2ccccc2[N+](=O)[O-])CC1. The second-order valence-corrected chi connectivity index (χ2v) is 6.00. The lowest BCUT2D eigenvalue weighted by Crippen LogP contribution is -2.37. The van der Waals surface area contributed by atoms with Gasteiger partial charge in [-0.3, -0.25) is 19.8 Å². The molecule has 1 aromatic carbocycles. The molecule has 1 aliphatic rings. The van der Waals surface area contributed by atoms with Gasteiger partial charge < -0.3 is 4.90 Å². The maximum absolute atomic E-state index is 12.1. The van der Waals surface area contributed by atoms with Crippen molar-refractivity contribution in [3.63, 3.8) is 0 Å². The lowest BCUT2D eigenvalue weighted by atomic mass is 10.1. The monoisotopic (exact) mass is 305 g/mol. The van der Waals surface area contributed by atoms with Gasteiger partial charge in [0.2, 0.25) is 5.91 Å². The topological polar surface area (TPSA) is 66.7 Å². The first-order chi connectivity index (χ1) is 10.5. The van der Waals surface area contributed by atoms with Crippen molar-refractivity contribution in [2.45, 2.75) is 26.8 Å². The standard InChI is InChI=1S/C16H23N3O3/c1-13(2)16(20)18-9-5-8-17(10-11-18)12-14-6-3-4-7-15(14)19(21)22/h3-4,6-7,13H,5,8-12H2,1-2H3. The number of carbonyl (C=O) groups is 1. The molecule has 0 saturated carbocycles. The zero-order valence-electron chi connectivity index (χ0n) is 13.2. The van der Waals surface area contributed by atoms with E-state index in [2.05, 4.69) is 4.90 Å².